The van der Waals surface area contributed by atoms with Crippen molar-refractivity contribution in [3.8, 4) is 0 Å². The minimum absolute atomic E-state index is 0.0319. The number of hydrogen-bond donors (Lipinski definition) is 1. The predicted octanol–water partition coefficient (Wildman–Crippen LogP) is 3.53. The van der Waals surface area contributed by atoms with Gasteiger partial charge < -0.3 is 5.73 Å². The van der Waals surface area contributed by atoms with Gasteiger partial charge in [0.05, 0.1) is 6.04 Å². The summed E-state index contributed by atoms with van der Waals surface area (Å²) < 4.78 is 0. The summed E-state index contributed by atoms with van der Waals surface area (Å²) in [5.41, 5.74) is 8.79. The van der Waals surface area contributed by atoms with E-state index in [-0.39, 0.29) is 6.04 Å². The molecule has 0 aromatic carbocycles. The fourth-order valence-corrected chi connectivity index (χ4v) is 2.89. The zero-order valence-electron chi connectivity index (χ0n) is 10.1. The Morgan fingerprint density at radius 3 is 3.00 bits per heavy atom. The minimum atomic E-state index is -0.0319. The zero-order valence-corrected chi connectivity index (χ0v) is 10.9. The Labute approximate surface area is 107 Å². The Kier molecular flexibility index (Phi) is 4.29. The van der Waals surface area contributed by atoms with Crippen LogP contribution in [0.3, 0.4) is 0 Å². The molecular weight excluding hydrogens is 228 g/mol. The van der Waals surface area contributed by atoms with Crippen molar-refractivity contribution in [2.24, 2.45) is 5.73 Å². The van der Waals surface area contributed by atoms with Gasteiger partial charge in [-0.25, -0.2) is 0 Å². The average molecular weight is 246 g/mol. The number of nitrogens with two attached hydrogens (primary N) is 1. The van der Waals surface area contributed by atoms with Gasteiger partial charge in [0.25, 0.3) is 0 Å². The van der Waals surface area contributed by atoms with Crippen LogP contribution in [-0.2, 0) is 6.42 Å². The second-order valence-electron chi connectivity index (χ2n) is 4.18. The predicted molar refractivity (Wildman–Crippen MR) is 73.2 cm³/mol. The van der Waals surface area contributed by atoms with Crippen LogP contribution in [0, 0.1) is 0 Å². The van der Waals surface area contributed by atoms with Crippen molar-refractivity contribution in [1.29, 1.82) is 0 Å². The number of nitrogens with zero attached hydrogens (tertiary/aromatic N) is 1. The van der Waals surface area contributed by atoms with Gasteiger partial charge in [-0.3, -0.25) is 4.98 Å². The quantitative estimate of drug-likeness (QED) is 0.876. The molecule has 0 spiro atoms. The summed E-state index contributed by atoms with van der Waals surface area (Å²) in [5.74, 6) is 0. The van der Waals surface area contributed by atoms with E-state index in [0.717, 1.165) is 12.0 Å². The first-order valence-electron chi connectivity index (χ1n) is 6.04. The van der Waals surface area contributed by atoms with Gasteiger partial charge in [0.1, 0.15) is 0 Å². The van der Waals surface area contributed by atoms with Crippen molar-refractivity contribution in [1.82, 2.24) is 4.98 Å². The Hall–Kier alpha value is -1.19. The fraction of sp³-hybridized carbons (Fsp3) is 0.357. The van der Waals surface area contributed by atoms with E-state index >= 15 is 0 Å². The molecule has 0 radical (unpaired) electrons. The summed E-state index contributed by atoms with van der Waals surface area (Å²) in [5, 5.41) is 2.14. The molecule has 0 saturated heterocycles. The molecule has 2 aromatic rings. The highest BCUT2D eigenvalue weighted by Crippen LogP contribution is 2.28. The number of thiophene rings is 1. The molecular formula is C14H18N2S. The lowest BCUT2D eigenvalue weighted by atomic mass is 10.0. The molecule has 0 aliphatic heterocycles. The first kappa shape index (κ1) is 12.3. The molecule has 2 nitrogen and oxygen atoms in total. The molecule has 1 unspecified atom stereocenters. The highest BCUT2D eigenvalue weighted by atomic mass is 32.1. The fourth-order valence-electron chi connectivity index (χ4n) is 1.91. The minimum Gasteiger partial charge on any atom is -0.320 e. The lowest BCUT2D eigenvalue weighted by Crippen LogP contribution is -2.12. The van der Waals surface area contributed by atoms with Gasteiger partial charge in [-0.15, -0.1) is 11.3 Å². The van der Waals surface area contributed by atoms with E-state index < -0.39 is 0 Å². The molecule has 1 atom stereocenters. The molecule has 0 bridgehead atoms. The van der Waals surface area contributed by atoms with E-state index in [2.05, 4.69) is 23.4 Å². The number of aryl methyl sites for hydroxylation is 1. The van der Waals surface area contributed by atoms with Crippen LogP contribution >= 0.6 is 11.3 Å². The van der Waals surface area contributed by atoms with Crippen LogP contribution in [0.15, 0.2) is 36.0 Å². The molecule has 90 valence electrons. The summed E-state index contributed by atoms with van der Waals surface area (Å²) in [6, 6.07) is 6.15. The molecule has 0 fully saturated rings. The number of rotatable bonds is 5. The van der Waals surface area contributed by atoms with Crippen LogP contribution in [0.5, 0.6) is 0 Å². The van der Waals surface area contributed by atoms with Crippen molar-refractivity contribution in [2.45, 2.75) is 32.2 Å². The van der Waals surface area contributed by atoms with E-state index in [1.807, 2.05) is 18.3 Å². The summed E-state index contributed by atoms with van der Waals surface area (Å²) in [7, 11) is 0. The average Bonchev–Trinajstić information content (AvgIpc) is 2.84. The molecule has 0 saturated carbocycles. The van der Waals surface area contributed by atoms with Crippen molar-refractivity contribution in [3.05, 3.63) is 52.0 Å². The van der Waals surface area contributed by atoms with E-state index in [4.69, 9.17) is 5.73 Å². The summed E-state index contributed by atoms with van der Waals surface area (Å²) in [6.45, 7) is 2.22. The van der Waals surface area contributed by atoms with Crippen molar-refractivity contribution >= 4 is 11.3 Å². The largest absolute Gasteiger partial charge is 0.320 e. The maximum Gasteiger partial charge on any atom is 0.0663 e. The smallest absolute Gasteiger partial charge is 0.0663 e. The molecule has 2 rings (SSSR count). The number of aromatic nitrogens is 1. The topological polar surface area (TPSA) is 38.9 Å². The Morgan fingerprint density at radius 2 is 2.29 bits per heavy atom. The van der Waals surface area contributed by atoms with Crippen LogP contribution in [0.4, 0.5) is 0 Å². The maximum absolute atomic E-state index is 6.30. The maximum atomic E-state index is 6.30. The normalized spacial score (nSPS) is 12.6. The molecule has 0 aliphatic carbocycles. The SMILES string of the molecule is CCCCc1ccsc1C(N)c1cccnc1. The zero-order chi connectivity index (χ0) is 12.1. The van der Waals surface area contributed by atoms with Gasteiger partial charge in [0.15, 0.2) is 0 Å². The molecule has 2 heterocycles. The summed E-state index contributed by atoms with van der Waals surface area (Å²) in [4.78, 5) is 5.42. The van der Waals surface area contributed by atoms with Crippen molar-refractivity contribution in [3.63, 3.8) is 0 Å². The third kappa shape index (κ3) is 2.93. The molecule has 17 heavy (non-hydrogen) atoms. The Bertz CT molecular complexity index is 450. The molecule has 2 aromatic heterocycles. The van der Waals surface area contributed by atoms with E-state index in [1.165, 1.54) is 23.3 Å². The first-order valence-corrected chi connectivity index (χ1v) is 6.92. The second-order valence-corrected chi connectivity index (χ2v) is 5.13. The monoisotopic (exact) mass is 246 g/mol. The van der Waals surface area contributed by atoms with E-state index in [1.54, 1.807) is 17.5 Å². The lowest BCUT2D eigenvalue weighted by Gasteiger charge is -2.12. The number of hydrogen-bond acceptors (Lipinski definition) is 3. The van der Waals surface area contributed by atoms with E-state index in [0.29, 0.717) is 0 Å². The van der Waals surface area contributed by atoms with Gasteiger partial charge in [-0.2, -0.15) is 0 Å². The molecule has 3 heteroatoms. The summed E-state index contributed by atoms with van der Waals surface area (Å²) >= 11 is 1.75. The molecule has 0 aliphatic rings. The summed E-state index contributed by atoms with van der Waals surface area (Å²) in [6.07, 6.45) is 7.21. The number of unbranched alkanes of at least 4 members (excludes halogenated alkanes) is 1. The van der Waals surface area contributed by atoms with Gasteiger partial charge in [0.2, 0.25) is 0 Å². The van der Waals surface area contributed by atoms with Gasteiger partial charge >= 0.3 is 0 Å². The van der Waals surface area contributed by atoms with Crippen LogP contribution in [0.25, 0.3) is 0 Å². The van der Waals surface area contributed by atoms with Crippen LogP contribution in [-0.4, -0.2) is 4.98 Å². The molecule has 0 amide bonds. The standard InChI is InChI=1S/C14H18N2S/c1-2-3-5-11-7-9-17-14(11)13(15)12-6-4-8-16-10-12/h4,6-10,13H,2-3,5,15H2,1H3. The van der Waals surface area contributed by atoms with Gasteiger partial charge in [-0.1, -0.05) is 19.4 Å². The van der Waals surface area contributed by atoms with Crippen LogP contribution in [0.2, 0.25) is 0 Å². The number of pyridine rings is 1. The van der Waals surface area contributed by atoms with Crippen LogP contribution in [0.1, 0.15) is 41.8 Å². The Balaban J connectivity index is 2.19. The van der Waals surface area contributed by atoms with Crippen LogP contribution < -0.4 is 5.73 Å². The third-order valence-corrected chi connectivity index (χ3v) is 3.95. The molecule has 2 N–H and O–H groups in total. The highest BCUT2D eigenvalue weighted by Gasteiger charge is 2.14. The third-order valence-electron chi connectivity index (χ3n) is 2.91. The Morgan fingerprint density at radius 1 is 1.41 bits per heavy atom. The second kappa shape index (κ2) is 5.94. The lowest BCUT2D eigenvalue weighted by molar-refractivity contribution is 0.777. The van der Waals surface area contributed by atoms with Gasteiger partial charge in [-0.05, 0) is 41.5 Å². The highest BCUT2D eigenvalue weighted by molar-refractivity contribution is 7.10. The van der Waals surface area contributed by atoms with Gasteiger partial charge in [0, 0.05) is 17.3 Å². The first-order chi connectivity index (χ1) is 8.33. The van der Waals surface area contributed by atoms with E-state index in [9.17, 15) is 0 Å². The van der Waals surface area contributed by atoms with Crippen molar-refractivity contribution < 1.29 is 0 Å². The van der Waals surface area contributed by atoms with Crippen molar-refractivity contribution in [2.75, 3.05) is 0 Å².